The second-order valence-electron chi connectivity index (χ2n) is 6.46. The van der Waals surface area contributed by atoms with Crippen molar-refractivity contribution in [3.63, 3.8) is 0 Å². The molecule has 0 N–H and O–H groups in total. The van der Waals surface area contributed by atoms with Crippen molar-refractivity contribution in [1.82, 2.24) is 4.90 Å². The summed E-state index contributed by atoms with van der Waals surface area (Å²) in [5.74, 6) is 1.68. The molecule has 0 amide bonds. The second kappa shape index (κ2) is 8.04. The molecule has 1 atom stereocenters. The van der Waals surface area contributed by atoms with E-state index >= 15 is 0 Å². The van der Waals surface area contributed by atoms with Crippen LogP contribution in [0.5, 0.6) is 11.5 Å². The van der Waals surface area contributed by atoms with E-state index in [1.54, 1.807) is 14.2 Å². The molecule has 1 aliphatic rings. The zero-order valence-electron chi connectivity index (χ0n) is 14.9. The van der Waals surface area contributed by atoms with Crippen molar-refractivity contribution in [2.45, 2.75) is 45.2 Å². The topological polar surface area (TPSA) is 21.7 Å². The van der Waals surface area contributed by atoms with Crippen LogP contribution >= 0.6 is 11.3 Å². The Balaban J connectivity index is 1.90. The Bertz CT molecular complexity index is 667. The first-order valence-electron chi connectivity index (χ1n) is 8.72. The Morgan fingerprint density at radius 3 is 2.71 bits per heavy atom. The maximum atomic E-state index is 5.64. The lowest BCUT2D eigenvalue weighted by Crippen LogP contribution is -2.28. The van der Waals surface area contributed by atoms with Gasteiger partial charge in [-0.15, -0.1) is 11.3 Å². The summed E-state index contributed by atoms with van der Waals surface area (Å²) in [4.78, 5) is 4.15. The lowest BCUT2D eigenvalue weighted by atomic mass is 10.0. The standard InChI is InChI=1S/C20H27NO2S/c1-15-11-13-24-20(15)17-9-5-4-6-12-21(17)14-16-8-7-10-18(22-2)19(16)23-3/h7-8,10-11,13,17H,4-6,9,12,14H2,1-3H3. The van der Waals surface area contributed by atoms with Crippen molar-refractivity contribution >= 4 is 11.3 Å². The summed E-state index contributed by atoms with van der Waals surface area (Å²) in [7, 11) is 3.43. The number of aryl methyl sites for hydroxylation is 1. The van der Waals surface area contributed by atoms with Gasteiger partial charge in [0.05, 0.1) is 14.2 Å². The summed E-state index contributed by atoms with van der Waals surface area (Å²) in [5.41, 5.74) is 2.63. The third kappa shape index (κ3) is 3.60. The zero-order chi connectivity index (χ0) is 16.9. The highest BCUT2D eigenvalue weighted by molar-refractivity contribution is 7.10. The van der Waals surface area contributed by atoms with Gasteiger partial charge in [0.2, 0.25) is 0 Å². The molecule has 4 heteroatoms. The van der Waals surface area contributed by atoms with E-state index in [2.05, 4.69) is 35.4 Å². The van der Waals surface area contributed by atoms with E-state index in [1.807, 2.05) is 17.4 Å². The smallest absolute Gasteiger partial charge is 0.165 e. The molecule has 0 saturated carbocycles. The number of hydrogen-bond acceptors (Lipinski definition) is 4. The highest BCUT2D eigenvalue weighted by atomic mass is 32.1. The van der Waals surface area contributed by atoms with Gasteiger partial charge in [-0.3, -0.25) is 4.90 Å². The first-order valence-corrected chi connectivity index (χ1v) is 9.60. The van der Waals surface area contributed by atoms with Gasteiger partial charge in [0.25, 0.3) is 0 Å². The largest absolute Gasteiger partial charge is 0.493 e. The molecule has 2 heterocycles. The number of para-hydroxylation sites is 1. The molecule has 3 nitrogen and oxygen atoms in total. The molecule has 0 bridgehead atoms. The average Bonchev–Trinajstić information content (AvgIpc) is 2.89. The minimum absolute atomic E-state index is 0.517. The molecular weight excluding hydrogens is 318 g/mol. The fourth-order valence-corrected chi connectivity index (χ4v) is 4.77. The van der Waals surface area contributed by atoms with E-state index in [4.69, 9.17) is 9.47 Å². The van der Waals surface area contributed by atoms with Crippen molar-refractivity contribution in [1.29, 1.82) is 0 Å². The predicted octanol–water partition coefficient (Wildman–Crippen LogP) is 5.19. The van der Waals surface area contributed by atoms with Gasteiger partial charge >= 0.3 is 0 Å². The van der Waals surface area contributed by atoms with Gasteiger partial charge in [0, 0.05) is 23.0 Å². The molecule has 0 spiro atoms. The number of thiophene rings is 1. The van der Waals surface area contributed by atoms with E-state index in [1.165, 1.54) is 41.7 Å². The van der Waals surface area contributed by atoms with Crippen molar-refractivity contribution in [2.75, 3.05) is 20.8 Å². The molecule has 1 aliphatic heterocycles. The number of ether oxygens (including phenoxy) is 2. The predicted molar refractivity (Wildman–Crippen MR) is 100 cm³/mol. The van der Waals surface area contributed by atoms with Crippen molar-refractivity contribution in [3.8, 4) is 11.5 Å². The van der Waals surface area contributed by atoms with E-state index in [0.29, 0.717) is 6.04 Å². The van der Waals surface area contributed by atoms with Gasteiger partial charge in [-0.1, -0.05) is 25.0 Å². The van der Waals surface area contributed by atoms with Crippen LogP contribution in [0.3, 0.4) is 0 Å². The summed E-state index contributed by atoms with van der Waals surface area (Å²) in [5, 5.41) is 2.22. The first kappa shape index (κ1) is 17.3. The summed E-state index contributed by atoms with van der Waals surface area (Å²) in [6.07, 6.45) is 5.15. The Kier molecular flexibility index (Phi) is 5.80. The maximum absolute atomic E-state index is 5.64. The molecule has 1 fully saturated rings. The number of likely N-dealkylation sites (tertiary alicyclic amines) is 1. The number of nitrogens with zero attached hydrogens (tertiary/aromatic N) is 1. The van der Waals surface area contributed by atoms with Crippen LogP contribution in [0, 0.1) is 6.92 Å². The normalized spacial score (nSPS) is 19.0. The van der Waals surface area contributed by atoms with Crippen molar-refractivity contribution in [2.24, 2.45) is 0 Å². The number of benzene rings is 1. The van der Waals surface area contributed by atoms with Crippen LogP contribution in [0.2, 0.25) is 0 Å². The van der Waals surface area contributed by atoms with E-state index in [-0.39, 0.29) is 0 Å². The number of hydrogen-bond donors (Lipinski definition) is 0. The Hall–Kier alpha value is -1.52. The fraction of sp³-hybridized carbons (Fsp3) is 0.500. The molecule has 1 saturated heterocycles. The van der Waals surface area contributed by atoms with Gasteiger partial charge in [-0.05, 0) is 49.4 Å². The molecule has 24 heavy (non-hydrogen) atoms. The minimum atomic E-state index is 0.517. The van der Waals surface area contributed by atoms with Gasteiger partial charge in [0.15, 0.2) is 11.5 Å². The summed E-state index contributed by atoms with van der Waals surface area (Å²) in [6, 6.07) is 8.94. The molecule has 1 aromatic heterocycles. The Labute approximate surface area is 149 Å². The van der Waals surface area contributed by atoms with E-state index in [9.17, 15) is 0 Å². The van der Waals surface area contributed by atoms with Crippen molar-refractivity contribution < 1.29 is 9.47 Å². The van der Waals surface area contributed by atoms with Crippen LogP contribution in [0.25, 0.3) is 0 Å². The molecule has 0 aliphatic carbocycles. The molecule has 0 radical (unpaired) electrons. The van der Waals surface area contributed by atoms with Gasteiger partial charge in [0.1, 0.15) is 0 Å². The molecule has 2 aromatic rings. The van der Waals surface area contributed by atoms with Gasteiger partial charge in [-0.25, -0.2) is 0 Å². The first-order chi connectivity index (χ1) is 11.7. The molecule has 1 unspecified atom stereocenters. The fourth-order valence-electron chi connectivity index (χ4n) is 3.68. The third-order valence-electron chi connectivity index (χ3n) is 4.93. The minimum Gasteiger partial charge on any atom is -0.493 e. The van der Waals surface area contributed by atoms with Crippen LogP contribution in [0.1, 0.15) is 47.7 Å². The lowest BCUT2D eigenvalue weighted by molar-refractivity contribution is 0.192. The molecule has 130 valence electrons. The lowest BCUT2D eigenvalue weighted by Gasteiger charge is -2.30. The number of methoxy groups -OCH3 is 2. The van der Waals surface area contributed by atoms with Crippen LogP contribution in [-0.2, 0) is 6.54 Å². The highest BCUT2D eigenvalue weighted by Crippen LogP contribution is 2.38. The number of rotatable bonds is 5. The Morgan fingerprint density at radius 2 is 2.00 bits per heavy atom. The van der Waals surface area contributed by atoms with Crippen molar-refractivity contribution in [3.05, 3.63) is 45.6 Å². The second-order valence-corrected chi connectivity index (χ2v) is 7.40. The Morgan fingerprint density at radius 1 is 1.12 bits per heavy atom. The van der Waals surface area contributed by atoms with Crippen LogP contribution < -0.4 is 9.47 Å². The summed E-state index contributed by atoms with van der Waals surface area (Å²) < 4.78 is 11.1. The van der Waals surface area contributed by atoms with Gasteiger partial charge in [-0.2, -0.15) is 0 Å². The summed E-state index contributed by atoms with van der Waals surface area (Å²) in [6.45, 7) is 4.28. The molecular formula is C20H27NO2S. The van der Waals surface area contributed by atoms with Crippen LogP contribution in [0.15, 0.2) is 29.6 Å². The van der Waals surface area contributed by atoms with Gasteiger partial charge < -0.3 is 9.47 Å². The quantitative estimate of drug-likeness (QED) is 0.744. The third-order valence-corrected chi connectivity index (χ3v) is 6.05. The van der Waals surface area contributed by atoms with Crippen LogP contribution in [-0.4, -0.2) is 25.7 Å². The zero-order valence-corrected chi connectivity index (χ0v) is 15.7. The van der Waals surface area contributed by atoms with E-state index < -0.39 is 0 Å². The average molecular weight is 346 g/mol. The van der Waals surface area contributed by atoms with Crippen LogP contribution in [0.4, 0.5) is 0 Å². The SMILES string of the molecule is COc1cccc(CN2CCCCCC2c2sccc2C)c1OC. The highest BCUT2D eigenvalue weighted by Gasteiger charge is 2.26. The van der Waals surface area contributed by atoms with E-state index in [0.717, 1.165) is 24.6 Å². The molecule has 1 aromatic carbocycles. The maximum Gasteiger partial charge on any atom is 0.165 e. The summed E-state index contributed by atoms with van der Waals surface area (Å²) >= 11 is 1.90. The molecule has 3 rings (SSSR count). The monoisotopic (exact) mass is 345 g/mol.